The Morgan fingerprint density at radius 1 is 1.24 bits per heavy atom. The second-order valence-corrected chi connectivity index (χ2v) is 7.26. The van der Waals surface area contributed by atoms with Crippen molar-refractivity contribution < 1.29 is 14.3 Å². The van der Waals surface area contributed by atoms with Gasteiger partial charge in [0.25, 0.3) is 5.91 Å². The number of nitrogens with one attached hydrogen (secondary N) is 2. The van der Waals surface area contributed by atoms with Crippen molar-refractivity contribution in [1.29, 1.82) is 0 Å². The van der Waals surface area contributed by atoms with E-state index in [9.17, 15) is 9.59 Å². The van der Waals surface area contributed by atoms with Crippen LogP contribution in [0.1, 0.15) is 57.1 Å². The molecule has 1 aromatic carbocycles. The lowest BCUT2D eigenvalue weighted by molar-refractivity contribution is -0.127. The van der Waals surface area contributed by atoms with Crippen molar-refractivity contribution in [3.63, 3.8) is 0 Å². The van der Waals surface area contributed by atoms with Crippen LogP contribution in [0.5, 0.6) is 5.75 Å². The minimum Gasteiger partial charge on any atom is -0.484 e. The molecule has 25 heavy (non-hydrogen) atoms. The Kier molecular flexibility index (Phi) is 5.27. The average molecular weight is 345 g/mol. The predicted molar refractivity (Wildman–Crippen MR) is 95.0 cm³/mol. The summed E-state index contributed by atoms with van der Waals surface area (Å²) >= 11 is 0. The van der Waals surface area contributed by atoms with Gasteiger partial charge < -0.3 is 21.1 Å². The number of hydrogen-bond acceptors (Lipinski definition) is 4. The summed E-state index contributed by atoms with van der Waals surface area (Å²) < 4.78 is 5.49. The topological polar surface area (TPSA) is 93.5 Å². The van der Waals surface area contributed by atoms with E-state index in [4.69, 9.17) is 10.5 Å². The fourth-order valence-corrected chi connectivity index (χ4v) is 3.16. The molecule has 0 saturated heterocycles. The second kappa shape index (κ2) is 7.44. The molecule has 1 aromatic rings. The third-order valence-corrected chi connectivity index (χ3v) is 4.99. The third kappa shape index (κ3) is 4.72. The normalized spacial score (nSPS) is 19.9. The first-order valence-electron chi connectivity index (χ1n) is 9.08. The Hall–Kier alpha value is -2.08. The van der Waals surface area contributed by atoms with Crippen molar-refractivity contribution >= 4 is 11.8 Å². The zero-order valence-corrected chi connectivity index (χ0v) is 14.7. The molecule has 0 radical (unpaired) electrons. The summed E-state index contributed by atoms with van der Waals surface area (Å²) in [6.07, 6.45) is 5.65. The Morgan fingerprint density at radius 2 is 1.88 bits per heavy atom. The van der Waals surface area contributed by atoms with Crippen molar-refractivity contribution in [1.82, 2.24) is 10.6 Å². The zero-order valence-electron chi connectivity index (χ0n) is 14.7. The highest BCUT2D eigenvalue weighted by molar-refractivity contribution is 5.86. The lowest BCUT2D eigenvalue weighted by atomic mass is 9.97. The molecule has 0 aromatic heterocycles. The van der Waals surface area contributed by atoms with Crippen molar-refractivity contribution in [3.8, 4) is 5.75 Å². The van der Waals surface area contributed by atoms with Crippen LogP contribution >= 0.6 is 0 Å². The number of nitrogens with two attached hydrogens (primary N) is 1. The molecule has 2 saturated carbocycles. The minimum atomic E-state index is -0.716. The molecule has 136 valence electrons. The lowest BCUT2D eigenvalue weighted by Gasteiger charge is -2.25. The van der Waals surface area contributed by atoms with Crippen LogP contribution in [0.25, 0.3) is 0 Å². The number of rotatable bonds is 7. The van der Waals surface area contributed by atoms with Gasteiger partial charge in [-0.05, 0) is 50.3 Å². The molecule has 2 aliphatic rings. The van der Waals surface area contributed by atoms with E-state index < -0.39 is 5.54 Å². The number of benzene rings is 1. The summed E-state index contributed by atoms with van der Waals surface area (Å²) in [5.41, 5.74) is 6.45. The van der Waals surface area contributed by atoms with Crippen LogP contribution in [0, 0.1) is 0 Å². The summed E-state index contributed by atoms with van der Waals surface area (Å²) in [5.74, 6) is 0.478. The van der Waals surface area contributed by atoms with E-state index in [0.29, 0.717) is 11.8 Å². The molecule has 6 heteroatoms. The van der Waals surface area contributed by atoms with Gasteiger partial charge >= 0.3 is 0 Å². The van der Waals surface area contributed by atoms with Gasteiger partial charge in [0, 0.05) is 6.04 Å². The molecule has 0 spiro atoms. The SMILES string of the molecule is CC(NC(=O)C1(N)CCCC1)c1ccc(OCC(=O)NC2CC2)cc1. The number of carbonyl (C=O) groups excluding carboxylic acids is 2. The predicted octanol–water partition coefficient (Wildman–Crippen LogP) is 1.79. The first kappa shape index (κ1) is 17.7. The van der Waals surface area contributed by atoms with Gasteiger partial charge in [-0.2, -0.15) is 0 Å². The fourth-order valence-electron chi connectivity index (χ4n) is 3.16. The van der Waals surface area contributed by atoms with Crippen LogP contribution < -0.4 is 21.1 Å². The molecule has 2 fully saturated rings. The van der Waals surface area contributed by atoms with Gasteiger partial charge in [0.1, 0.15) is 5.75 Å². The highest BCUT2D eigenvalue weighted by atomic mass is 16.5. The second-order valence-electron chi connectivity index (χ2n) is 7.26. The van der Waals surface area contributed by atoms with Gasteiger partial charge in [0.2, 0.25) is 5.91 Å². The van der Waals surface area contributed by atoms with E-state index in [0.717, 1.165) is 44.1 Å². The molecule has 2 aliphatic carbocycles. The monoisotopic (exact) mass is 345 g/mol. The largest absolute Gasteiger partial charge is 0.484 e. The summed E-state index contributed by atoms with van der Waals surface area (Å²) in [5, 5.41) is 5.89. The van der Waals surface area contributed by atoms with Crippen molar-refractivity contribution in [2.24, 2.45) is 5.73 Å². The Bertz CT molecular complexity index is 619. The highest BCUT2D eigenvalue weighted by Crippen LogP contribution is 2.28. The third-order valence-electron chi connectivity index (χ3n) is 4.99. The van der Waals surface area contributed by atoms with Crippen molar-refractivity contribution in [2.45, 2.75) is 63.1 Å². The minimum absolute atomic E-state index is 0.0256. The standard InChI is InChI=1S/C19H27N3O3/c1-13(21-18(24)19(20)10-2-3-11-19)14-4-8-16(9-5-14)25-12-17(23)22-15-6-7-15/h4-5,8-9,13,15H,2-3,6-7,10-12,20H2,1H3,(H,21,24)(H,22,23). The first-order valence-corrected chi connectivity index (χ1v) is 9.08. The smallest absolute Gasteiger partial charge is 0.258 e. The highest BCUT2D eigenvalue weighted by Gasteiger charge is 2.37. The maximum absolute atomic E-state index is 12.4. The molecule has 0 bridgehead atoms. The molecule has 1 atom stereocenters. The van der Waals surface area contributed by atoms with E-state index in [1.165, 1.54) is 0 Å². The van der Waals surface area contributed by atoms with Crippen LogP contribution in [0.2, 0.25) is 0 Å². The van der Waals surface area contributed by atoms with Crippen LogP contribution in [0.15, 0.2) is 24.3 Å². The number of carbonyl (C=O) groups is 2. The van der Waals surface area contributed by atoms with Crippen molar-refractivity contribution in [3.05, 3.63) is 29.8 Å². The van der Waals surface area contributed by atoms with Gasteiger partial charge in [-0.1, -0.05) is 25.0 Å². The first-order chi connectivity index (χ1) is 12.0. The molecule has 2 amide bonds. The summed E-state index contributed by atoms with van der Waals surface area (Å²) in [6, 6.07) is 7.65. The average Bonchev–Trinajstić information content (AvgIpc) is 3.30. The van der Waals surface area contributed by atoms with E-state index in [2.05, 4.69) is 10.6 Å². The molecule has 6 nitrogen and oxygen atoms in total. The quantitative estimate of drug-likeness (QED) is 0.702. The van der Waals surface area contributed by atoms with E-state index in [-0.39, 0.29) is 24.5 Å². The van der Waals surface area contributed by atoms with Gasteiger partial charge in [0.05, 0.1) is 11.6 Å². The Balaban J connectivity index is 1.48. The van der Waals surface area contributed by atoms with Crippen LogP contribution in [0.4, 0.5) is 0 Å². The Morgan fingerprint density at radius 3 is 2.48 bits per heavy atom. The lowest BCUT2D eigenvalue weighted by Crippen LogP contribution is -2.52. The summed E-state index contributed by atoms with van der Waals surface area (Å²) in [4.78, 5) is 24.0. The van der Waals surface area contributed by atoms with Gasteiger partial charge in [-0.3, -0.25) is 9.59 Å². The van der Waals surface area contributed by atoms with Crippen LogP contribution in [-0.2, 0) is 9.59 Å². The Labute approximate surface area is 148 Å². The molecule has 1 unspecified atom stereocenters. The number of ether oxygens (including phenoxy) is 1. The van der Waals surface area contributed by atoms with Crippen LogP contribution in [-0.4, -0.2) is 30.0 Å². The van der Waals surface area contributed by atoms with Gasteiger partial charge in [-0.15, -0.1) is 0 Å². The molecule has 3 rings (SSSR count). The molecule has 0 aliphatic heterocycles. The zero-order chi connectivity index (χ0) is 17.9. The maximum Gasteiger partial charge on any atom is 0.258 e. The molecule has 4 N–H and O–H groups in total. The summed E-state index contributed by atoms with van der Waals surface area (Å²) in [6.45, 7) is 1.97. The number of amides is 2. The maximum atomic E-state index is 12.4. The molecular formula is C19H27N3O3. The van der Waals surface area contributed by atoms with E-state index >= 15 is 0 Å². The van der Waals surface area contributed by atoms with E-state index in [1.807, 2.05) is 31.2 Å². The molecule has 0 heterocycles. The fraction of sp³-hybridized carbons (Fsp3) is 0.579. The van der Waals surface area contributed by atoms with Gasteiger partial charge in [-0.25, -0.2) is 0 Å². The van der Waals surface area contributed by atoms with Gasteiger partial charge in [0.15, 0.2) is 6.61 Å². The van der Waals surface area contributed by atoms with Crippen molar-refractivity contribution in [2.75, 3.05) is 6.61 Å². The van der Waals surface area contributed by atoms with E-state index in [1.54, 1.807) is 0 Å². The molecular weight excluding hydrogens is 318 g/mol. The summed E-state index contributed by atoms with van der Waals surface area (Å²) in [7, 11) is 0. The number of hydrogen-bond donors (Lipinski definition) is 3. The van der Waals surface area contributed by atoms with Crippen LogP contribution in [0.3, 0.4) is 0 Å².